The molecule has 1 heterocycles. The molecule has 0 amide bonds. The van der Waals surface area contributed by atoms with E-state index >= 15 is 0 Å². The molecule has 1 aliphatic rings. The van der Waals surface area contributed by atoms with Gasteiger partial charge in [-0.15, -0.1) is 0 Å². The molecule has 0 saturated heterocycles. The molecule has 1 aromatic heterocycles. The highest BCUT2D eigenvalue weighted by Crippen LogP contribution is 2.40. The second kappa shape index (κ2) is 6.61. The molecular weight excluding hydrogens is 314 g/mol. The molecular formula is C16H28BrN3. The highest BCUT2D eigenvalue weighted by Gasteiger charge is 2.35. The number of nitrogens with zero attached hydrogens (tertiary/aromatic N) is 2. The number of halogens is 1. The van der Waals surface area contributed by atoms with Crippen LogP contribution in [0.1, 0.15) is 57.3 Å². The molecule has 3 nitrogen and oxygen atoms in total. The van der Waals surface area contributed by atoms with Crippen molar-refractivity contribution in [3.05, 3.63) is 15.9 Å². The molecule has 4 heteroatoms. The molecule has 0 aliphatic heterocycles. The van der Waals surface area contributed by atoms with E-state index in [1.165, 1.54) is 42.3 Å². The van der Waals surface area contributed by atoms with E-state index in [2.05, 4.69) is 58.8 Å². The van der Waals surface area contributed by atoms with Crippen LogP contribution in [0.2, 0.25) is 0 Å². The molecule has 1 saturated carbocycles. The minimum atomic E-state index is 0.420. The van der Waals surface area contributed by atoms with Gasteiger partial charge in [0.15, 0.2) is 0 Å². The topological polar surface area (TPSA) is 29.9 Å². The van der Waals surface area contributed by atoms with Crippen molar-refractivity contribution in [3.8, 4) is 0 Å². The van der Waals surface area contributed by atoms with Crippen molar-refractivity contribution in [1.82, 2.24) is 15.1 Å². The van der Waals surface area contributed by atoms with Gasteiger partial charge in [-0.1, -0.05) is 26.2 Å². The Morgan fingerprint density at radius 1 is 1.35 bits per heavy atom. The third-order valence-corrected chi connectivity index (χ3v) is 6.07. The summed E-state index contributed by atoms with van der Waals surface area (Å²) in [5.74, 6) is 0. The number of nitrogens with one attached hydrogen (secondary N) is 1. The van der Waals surface area contributed by atoms with Crippen LogP contribution >= 0.6 is 15.9 Å². The Morgan fingerprint density at radius 3 is 2.55 bits per heavy atom. The Bertz CT molecular complexity index is 447. The predicted molar refractivity (Wildman–Crippen MR) is 88.1 cm³/mol. The molecule has 0 radical (unpaired) electrons. The monoisotopic (exact) mass is 341 g/mol. The summed E-state index contributed by atoms with van der Waals surface area (Å²) in [6.45, 7) is 7.64. The van der Waals surface area contributed by atoms with Gasteiger partial charge in [-0.25, -0.2) is 0 Å². The second-order valence-electron chi connectivity index (χ2n) is 6.42. The van der Waals surface area contributed by atoms with Gasteiger partial charge in [0.05, 0.1) is 15.9 Å². The van der Waals surface area contributed by atoms with Crippen molar-refractivity contribution in [2.24, 2.45) is 5.41 Å². The molecule has 1 fully saturated rings. The fraction of sp³-hybridized carbons (Fsp3) is 0.812. The van der Waals surface area contributed by atoms with Gasteiger partial charge in [-0.05, 0) is 55.1 Å². The van der Waals surface area contributed by atoms with E-state index in [-0.39, 0.29) is 0 Å². The second-order valence-corrected chi connectivity index (χ2v) is 7.21. The molecule has 1 N–H and O–H groups in total. The van der Waals surface area contributed by atoms with E-state index in [0.717, 1.165) is 18.7 Å². The van der Waals surface area contributed by atoms with E-state index in [1.807, 2.05) is 0 Å². The van der Waals surface area contributed by atoms with Crippen LogP contribution in [0.15, 0.2) is 4.47 Å². The number of likely N-dealkylation sites (N-methyl/N-ethyl adjacent to an activating group) is 1. The van der Waals surface area contributed by atoms with E-state index in [9.17, 15) is 0 Å². The number of hydrogen-bond acceptors (Lipinski definition) is 2. The minimum absolute atomic E-state index is 0.420. The first-order valence-electron chi connectivity index (χ1n) is 7.91. The number of hydrogen-bond donors (Lipinski definition) is 1. The largest absolute Gasteiger partial charge is 0.316 e. The molecule has 114 valence electrons. The predicted octanol–water partition coefficient (Wildman–Crippen LogP) is 4.07. The van der Waals surface area contributed by atoms with Crippen LogP contribution < -0.4 is 5.32 Å². The number of aryl methyl sites for hydroxylation is 2. The van der Waals surface area contributed by atoms with Crippen molar-refractivity contribution in [2.45, 2.75) is 71.9 Å². The first-order chi connectivity index (χ1) is 9.51. The molecule has 1 unspecified atom stereocenters. The van der Waals surface area contributed by atoms with Gasteiger partial charge in [0.1, 0.15) is 0 Å². The van der Waals surface area contributed by atoms with Crippen LogP contribution in [0, 0.1) is 12.3 Å². The number of aromatic nitrogens is 2. The van der Waals surface area contributed by atoms with Gasteiger partial charge < -0.3 is 5.32 Å². The molecule has 0 bridgehead atoms. The van der Waals surface area contributed by atoms with Crippen LogP contribution in [-0.2, 0) is 13.0 Å². The SMILES string of the molecule is CCn1nc(C)c(Br)c1CC(NC)C1(C)CCCCC1. The average Bonchev–Trinajstić information content (AvgIpc) is 2.72. The van der Waals surface area contributed by atoms with E-state index in [1.54, 1.807) is 0 Å². The van der Waals surface area contributed by atoms with Gasteiger partial charge >= 0.3 is 0 Å². The summed E-state index contributed by atoms with van der Waals surface area (Å²) in [7, 11) is 2.11. The van der Waals surface area contributed by atoms with Crippen molar-refractivity contribution in [2.75, 3.05) is 7.05 Å². The molecule has 0 spiro atoms. The maximum atomic E-state index is 4.63. The van der Waals surface area contributed by atoms with Crippen molar-refractivity contribution < 1.29 is 0 Å². The zero-order chi connectivity index (χ0) is 14.8. The van der Waals surface area contributed by atoms with Crippen LogP contribution in [0.25, 0.3) is 0 Å². The minimum Gasteiger partial charge on any atom is -0.316 e. The van der Waals surface area contributed by atoms with Crippen molar-refractivity contribution >= 4 is 15.9 Å². The van der Waals surface area contributed by atoms with Gasteiger partial charge in [0, 0.05) is 19.0 Å². The Labute approximate surface area is 131 Å². The summed E-state index contributed by atoms with van der Waals surface area (Å²) < 4.78 is 3.34. The lowest BCUT2D eigenvalue weighted by atomic mass is 9.69. The standard InChI is InChI=1S/C16H28BrN3/c1-5-20-13(15(17)12(2)19-20)11-14(18-4)16(3)9-7-6-8-10-16/h14,18H,5-11H2,1-4H3. The summed E-state index contributed by atoms with van der Waals surface area (Å²) in [6.07, 6.45) is 7.90. The van der Waals surface area contributed by atoms with Gasteiger partial charge in [0.2, 0.25) is 0 Å². The van der Waals surface area contributed by atoms with Gasteiger partial charge in [-0.2, -0.15) is 5.10 Å². The van der Waals surface area contributed by atoms with Gasteiger partial charge in [-0.3, -0.25) is 4.68 Å². The van der Waals surface area contributed by atoms with Gasteiger partial charge in [0.25, 0.3) is 0 Å². The van der Waals surface area contributed by atoms with Crippen LogP contribution in [0.4, 0.5) is 0 Å². The average molecular weight is 342 g/mol. The molecule has 1 aliphatic carbocycles. The summed E-state index contributed by atoms with van der Waals surface area (Å²) in [5, 5.41) is 8.21. The lowest BCUT2D eigenvalue weighted by Crippen LogP contribution is -2.45. The zero-order valence-corrected chi connectivity index (χ0v) is 14.9. The van der Waals surface area contributed by atoms with Crippen molar-refractivity contribution in [1.29, 1.82) is 0 Å². The normalized spacial score (nSPS) is 20.1. The highest BCUT2D eigenvalue weighted by atomic mass is 79.9. The first-order valence-corrected chi connectivity index (χ1v) is 8.70. The first kappa shape index (κ1) is 16.0. The fourth-order valence-corrected chi connectivity index (χ4v) is 4.11. The molecule has 1 aromatic rings. The third-order valence-electron chi connectivity index (χ3n) is 5.04. The smallest absolute Gasteiger partial charge is 0.0738 e. The Kier molecular flexibility index (Phi) is 5.30. The van der Waals surface area contributed by atoms with E-state index < -0.39 is 0 Å². The fourth-order valence-electron chi connectivity index (χ4n) is 3.66. The Balaban J connectivity index is 2.22. The lowest BCUT2D eigenvalue weighted by Gasteiger charge is -2.41. The van der Waals surface area contributed by atoms with E-state index in [0.29, 0.717) is 11.5 Å². The summed E-state index contributed by atoms with van der Waals surface area (Å²) in [6, 6.07) is 0.528. The molecule has 2 rings (SSSR count). The highest BCUT2D eigenvalue weighted by molar-refractivity contribution is 9.10. The third kappa shape index (κ3) is 3.11. The molecule has 20 heavy (non-hydrogen) atoms. The van der Waals surface area contributed by atoms with Crippen LogP contribution in [-0.4, -0.2) is 22.9 Å². The maximum absolute atomic E-state index is 4.63. The number of rotatable bonds is 5. The van der Waals surface area contributed by atoms with Crippen LogP contribution in [0.3, 0.4) is 0 Å². The van der Waals surface area contributed by atoms with Crippen LogP contribution in [0.5, 0.6) is 0 Å². The maximum Gasteiger partial charge on any atom is 0.0738 e. The zero-order valence-electron chi connectivity index (χ0n) is 13.3. The summed E-state index contributed by atoms with van der Waals surface area (Å²) in [4.78, 5) is 0. The Hall–Kier alpha value is -0.350. The summed E-state index contributed by atoms with van der Waals surface area (Å²) in [5.41, 5.74) is 2.87. The molecule has 0 aromatic carbocycles. The summed E-state index contributed by atoms with van der Waals surface area (Å²) >= 11 is 3.73. The quantitative estimate of drug-likeness (QED) is 0.874. The lowest BCUT2D eigenvalue weighted by molar-refractivity contribution is 0.147. The van der Waals surface area contributed by atoms with E-state index in [4.69, 9.17) is 0 Å². The molecule has 1 atom stereocenters. The Morgan fingerprint density at radius 2 is 2.00 bits per heavy atom. The van der Waals surface area contributed by atoms with Crippen molar-refractivity contribution in [3.63, 3.8) is 0 Å².